The molecule has 1 N–H and O–H groups in total. The van der Waals surface area contributed by atoms with Crippen LogP contribution in [-0.2, 0) is 17.6 Å². The number of amides is 1. The average Bonchev–Trinajstić information content (AvgIpc) is 3.12. The van der Waals surface area contributed by atoms with Crippen LogP contribution in [0.25, 0.3) is 16.9 Å². The van der Waals surface area contributed by atoms with E-state index in [0.717, 1.165) is 34.8 Å². The fourth-order valence-electron chi connectivity index (χ4n) is 3.10. The molecule has 0 aliphatic rings. The molecule has 0 bridgehead atoms. The van der Waals surface area contributed by atoms with Crippen LogP contribution in [0.4, 0.5) is 9.18 Å². The van der Waals surface area contributed by atoms with Crippen LogP contribution >= 0.6 is 0 Å². The first-order valence-electron chi connectivity index (χ1n) is 10.2. The van der Waals surface area contributed by atoms with Gasteiger partial charge in [-0.1, -0.05) is 19.1 Å². The number of ether oxygens (including phenoxy) is 1. The number of imidazole rings is 1. The van der Waals surface area contributed by atoms with E-state index in [1.165, 1.54) is 12.1 Å². The van der Waals surface area contributed by atoms with Crippen molar-refractivity contribution in [1.29, 1.82) is 0 Å². The molecule has 0 aliphatic heterocycles. The Morgan fingerprint density at radius 3 is 2.37 bits per heavy atom. The number of aromatic nitrogens is 2. The quantitative estimate of drug-likeness (QED) is 0.600. The summed E-state index contributed by atoms with van der Waals surface area (Å²) in [6, 6.07) is 14.5. The van der Waals surface area contributed by atoms with Gasteiger partial charge in [-0.25, -0.2) is 14.2 Å². The molecule has 0 saturated heterocycles. The Morgan fingerprint density at radius 2 is 1.77 bits per heavy atom. The molecule has 0 fully saturated rings. The molecule has 3 aromatic rings. The van der Waals surface area contributed by atoms with Crippen LogP contribution in [0.15, 0.2) is 54.7 Å². The number of nitrogens with zero attached hydrogens (tertiary/aromatic N) is 2. The van der Waals surface area contributed by atoms with Gasteiger partial charge < -0.3 is 14.6 Å². The number of benzene rings is 2. The summed E-state index contributed by atoms with van der Waals surface area (Å²) >= 11 is 0. The molecule has 0 aliphatic carbocycles. The fraction of sp³-hybridized carbons (Fsp3) is 0.333. The van der Waals surface area contributed by atoms with Gasteiger partial charge in [0.05, 0.1) is 5.69 Å². The highest BCUT2D eigenvalue weighted by Crippen LogP contribution is 2.22. The van der Waals surface area contributed by atoms with E-state index in [1.807, 2.05) is 51.2 Å². The van der Waals surface area contributed by atoms with E-state index in [4.69, 9.17) is 9.72 Å². The molecule has 1 heterocycles. The normalized spacial score (nSPS) is 11.4. The van der Waals surface area contributed by atoms with Gasteiger partial charge in [0.25, 0.3) is 0 Å². The predicted octanol–water partition coefficient (Wildman–Crippen LogP) is 5.31. The number of carbonyl (C=O) groups excluding carboxylic acids is 1. The third-order valence-corrected chi connectivity index (χ3v) is 4.53. The highest BCUT2D eigenvalue weighted by molar-refractivity contribution is 5.67. The maximum Gasteiger partial charge on any atom is 0.407 e. The van der Waals surface area contributed by atoms with E-state index in [1.54, 1.807) is 12.1 Å². The van der Waals surface area contributed by atoms with Gasteiger partial charge in [-0.05, 0) is 69.2 Å². The van der Waals surface area contributed by atoms with Gasteiger partial charge in [0.2, 0.25) is 0 Å². The van der Waals surface area contributed by atoms with Crippen LogP contribution in [0.5, 0.6) is 0 Å². The predicted molar refractivity (Wildman–Crippen MR) is 116 cm³/mol. The van der Waals surface area contributed by atoms with Crippen molar-refractivity contribution in [2.45, 2.75) is 46.1 Å². The van der Waals surface area contributed by atoms with Crippen molar-refractivity contribution in [2.24, 2.45) is 0 Å². The third-order valence-electron chi connectivity index (χ3n) is 4.53. The van der Waals surface area contributed by atoms with Crippen molar-refractivity contribution in [2.75, 3.05) is 6.54 Å². The number of carbonyl (C=O) groups is 1. The van der Waals surface area contributed by atoms with E-state index in [-0.39, 0.29) is 5.82 Å². The Balaban J connectivity index is 1.67. The smallest absolute Gasteiger partial charge is 0.407 e. The van der Waals surface area contributed by atoms with Crippen molar-refractivity contribution >= 4 is 6.09 Å². The molecule has 0 unspecified atom stereocenters. The second-order valence-electron chi connectivity index (χ2n) is 8.12. The maximum absolute atomic E-state index is 13.2. The zero-order valence-electron chi connectivity index (χ0n) is 17.9. The van der Waals surface area contributed by atoms with Crippen molar-refractivity contribution in [1.82, 2.24) is 14.9 Å². The van der Waals surface area contributed by atoms with Crippen molar-refractivity contribution in [3.05, 3.63) is 71.9 Å². The summed E-state index contributed by atoms with van der Waals surface area (Å²) in [5, 5.41) is 2.77. The first kappa shape index (κ1) is 21.6. The van der Waals surface area contributed by atoms with E-state index in [9.17, 15) is 9.18 Å². The molecular formula is C24H28FN3O2. The summed E-state index contributed by atoms with van der Waals surface area (Å²) in [6.45, 7) is 8.09. The average molecular weight is 410 g/mol. The van der Waals surface area contributed by atoms with Gasteiger partial charge in [-0.15, -0.1) is 0 Å². The van der Waals surface area contributed by atoms with Crippen LogP contribution in [0.3, 0.4) is 0 Å². The number of hydrogen-bond acceptors (Lipinski definition) is 3. The van der Waals surface area contributed by atoms with Crippen molar-refractivity contribution < 1.29 is 13.9 Å². The molecular weight excluding hydrogens is 381 g/mol. The monoisotopic (exact) mass is 409 g/mol. The largest absolute Gasteiger partial charge is 0.444 e. The number of hydrogen-bond donors (Lipinski definition) is 1. The molecule has 0 spiro atoms. The summed E-state index contributed by atoms with van der Waals surface area (Å²) < 4.78 is 20.5. The molecule has 0 radical (unpaired) electrons. The number of nitrogens with one attached hydrogen (secondary N) is 1. The van der Waals surface area contributed by atoms with Gasteiger partial charge >= 0.3 is 6.09 Å². The van der Waals surface area contributed by atoms with E-state index in [2.05, 4.69) is 16.8 Å². The second-order valence-corrected chi connectivity index (χ2v) is 8.12. The molecule has 6 heteroatoms. The highest BCUT2D eigenvalue weighted by Gasteiger charge is 2.15. The van der Waals surface area contributed by atoms with Crippen LogP contribution in [0.1, 0.15) is 39.1 Å². The Kier molecular flexibility index (Phi) is 6.55. The Hall–Kier alpha value is -3.15. The number of alkyl carbamates (subject to hydrolysis) is 1. The maximum atomic E-state index is 13.2. The summed E-state index contributed by atoms with van der Waals surface area (Å²) in [6.07, 6.45) is 3.07. The molecule has 158 valence electrons. The van der Waals surface area contributed by atoms with Gasteiger partial charge in [0, 0.05) is 30.4 Å². The van der Waals surface area contributed by atoms with Crippen LogP contribution in [-0.4, -0.2) is 27.8 Å². The standard InChI is InChI=1S/C24H28FN3O2/c1-5-22-27-21(18-8-10-19(25)11-9-18)16-28(22)20-12-6-17(7-13-20)14-15-26-23(29)30-24(2,3)4/h6-13,16H,5,14-15H2,1-4H3,(H,26,29). The SMILES string of the molecule is CCc1nc(-c2ccc(F)cc2)cn1-c1ccc(CCNC(=O)OC(C)(C)C)cc1. The van der Waals surface area contributed by atoms with Crippen LogP contribution < -0.4 is 5.32 Å². The molecule has 1 aromatic heterocycles. The molecule has 0 atom stereocenters. The zero-order chi connectivity index (χ0) is 21.7. The van der Waals surface area contributed by atoms with E-state index in [0.29, 0.717) is 13.0 Å². The van der Waals surface area contributed by atoms with Crippen molar-refractivity contribution in [3.8, 4) is 16.9 Å². The first-order valence-corrected chi connectivity index (χ1v) is 10.2. The number of halogens is 1. The van der Waals surface area contributed by atoms with Crippen LogP contribution in [0, 0.1) is 5.82 Å². The molecule has 2 aromatic carbocycles. The molecule has 5 nitrogen and oxygen atoms in total. The topological polar surface area (TPSA) is 56.2 Å². The lowest BCUT2D eigenvalue weighted by Gasteiger charge is -2.19. The van der Waals surface area contributed by atoms with Crippen molar-refractivity contribution in [3.63, 3.8) is 0 Å². The van der Waals surface area contributed by atoms with Gasteiger partial charge in [-0.3, -0.25) is 0 Å². The summed E-state index contributed by atoms with van der Waals surface area (Å²) in [7, 11) is 0. The van der Waals surface area contributed by atoms with Gasteiger partial charge in [-0.2, -0.15) is 0 Å². The van der Waals surface area contributed by atoms with E-state index < -0.39 is 11.7 Å². The minimum atomic E-state index is -0.500. The van der Waals surface area contributed by atoms with Crippen LogP contribution in [0.2, 0.25) is 0 Å². The summed E-state index contributed by atoms with van der Waals surface area (Å²) in [5.74, 6) is 0.680. The second kappa shape index (κ2) is 9.11. The van der Waals surface area contributed by atoms with Gasteiger partial charge in [0.1, 0.15) is 17.2 Å². The first-order chi connectivity index (χ1) is 14.2. The Morgan fingerprint density at radius 1 is 1.10 bits per heavy atom. The fourth-order valence-corrected chi connectivity index (χ4v) is 3.10. The number of aryl methyl sites for hydroxylation is 1. The number of rotatable bonds is 6. The lowest BCUT2D eigenvalue weighted by molar-refractivity contribution is 0.0528. The molecule has 0 saturated carbocycles. The Labute approximate surface area is 176 Å². The Bertz CT molecular complexity index is 987. The minimum Gasteiger partial charge on any atom is -0.444 e. The molecule has 3 rings (SSSR count). The summed E-state index contributed by atoms with van der Waals surface area (Å²) in [5.41, 5.74) is 3.33. The highest BCUT2D eigenvalue weighted by atomic mass is 19.1. The summed E-state index contributed by atoms with van der Waals surface area (Å²) in [4.78, 5) is 16.4. The minimum absolute atomic E-state index is 0.259. The molecule has 1 amide bonds. The molecule has 30 heavy (non-hydrogen) atoms. The zero-order valence-corrected chi connectivity index (χ0v) is 17.9. The lowest BCUT2D eigenvalue weighted by atomic mass is 10.1. The van der Waals surface area contributed by atoms with E-state index >= 15 is 0 Å². The van der Waals surface area contributed by atoms with Gasteiger partial charge in [0.15, 0.2) is 0 Å². The third kappa shape index (κ3) is 5.69. The lowest BCUT2D eigenvalue weighted by Crippen LogP contribution is -2.33.